The number of carbonyl (C=O) groups excluding carboxylic acids is 1. The molecule has 3 atom stereocenters. The molecule has 0 aromatic heterocycles. The van der Waals surface area contributed by atoms with E-state index in [2.05, 4.69) is 56.8 Å². The van der Waals surface area contributed by atoms with Crippen LogP contribution in [0.3, 0.4) is 0 Å². The first-order valence-electron chi connectivity index (χ1n) is 13.0. The minimum atomic E-state index is -0.786. The lowest BCUT2D eigenvalue weighted by Gasteiger charge is -2.45. The lowest BCUT2D eigenvalue weighted by atomic mass is 9.68. The number of nitrogens with zero attached hydrogens (tertiary/aromatic N) is 3. The lowest BCUT2D eigenvalue weighted by molar-refractivity contribution is -0.150. The van der Waals surface area contributed by atoms with Crippen molar-refractivity contribution in [2.24, 2.45) is 22.7 Å². The molecule has 3 rings (SSSR count). The number of hydrogen-bond donors (Lipinski definition) is 0. The predicted octanol–water partition coefficient (Wildman–Crippen LogP) is 6.22. The molecule has 6 heteroatoms. The molecule has 5 nitrogen and oxygen atoms in total. The van der Waals surface area contributed by atoms with Crippen molar-refractivity contribution in [2.45, 2.75) is 83.3 Å². The number of esters is 1. The van der Waals surface area contributed by atoms with Crippen LogP contribution in [0, 0.1) is 17.8 Å². The molecule has 3 unspecified atom stereocenters. The van der Waals surface area contributed by atoms with Crippen molar-refractivity contribution in [3.63, 3.8) is 0 Å². The van der Waals surface area contributed by atoms with Crippen molar-refractivity contribution >= 4 is 23.9 Å². The van der Waals surface area contributed by atoms with Gasteiger partial charge in [-0.1, -0.05) is 50.9 Å². The van der Waals surface area contributed by atoms with Crippen LogP contribution in [0.5, 0.6) is 0 Å². The van der Waals surface area contributed by atoms with Crippen LogP contribution >= 0.6 is 11.6 Å². The Bertz CT molecular complexity index is 817. The summed E-state index contributed by atoms with van der Waals surface area (Å²) in [6, 6.07) is 8.79. The van der Waals surface area contributed by atoms with Crippen LogP contribution in [-0.2, 0) is 9.53 Å². The number of unbranched alkanes of at least 4 members (excludes halogenated alkanes) is 1. The molecule has 1 heterocycles. The van der Waals surface area contributed by atoms with E-state index in [1.54, 1.807) is 0 Å². The molecule has 0 amide bonds. The normalized spacial score (nSPS) is 28.0. The van der Waals surface area contributed by atoms with E-state index in [9.17, 15) is 4.79 Å². The van der Waals surface area contributed by atoms with Gasteiger partial charge in [0, 0.05) is 17.6 Å². The van der Waals surface area contributed by atoms with Crippen LogP contribution < -0.4 is 0 Å². The first kappa shape index (κ1) is 27.0. The number of halogens is 1. The summed E-state index contributed by atoms with van der Waals surface area (Å²) >= 11 is 6.16. The molecule has 190 valence electrons. The maximum Gasteiger partial charge on any atom is 0.335 e. The quantitative estimate of drug-likeness (QED) is 0.366. The molecule has 1 aromatic carbocycles. The molecule has 2 aliphatic rings. The van der Waals surface area contributed by atoms with Crippen molar-refractivity contribution in [2.75, 3.05) is 27.7 Å². The van der Waals surface area contributed by atoms with Crippen LogP contribution in [0.2, 0.25) is 5.02 Å². The zero-order chi connectivity index (χ0) is 24.9. The molecule has 1 fully saturated rings. The number of aliphatic imine (C=N–C) groups is 1. The summed E-state index contributed by atoms with van der Waals surface area (Å²) in [4.78, 5) is 22.9. The smallest absolute Gasteiger partial charge is 0.335 e. The zero-order valence-electron chi connectivity index (χ0n) is 22.0. The standard InChI is InChI=1S/C28H44ClN3O2/c1-7-8-17-32-19-30-28(18-20(2)3,27(33)34-6)26(32)23-11-9-21(10-12-23)25(31(4)5)22-13-15-24(29)16-14-22/h13-16,19-21,23,25-26H,7-12,17-18H2,1-6H3. The minimum Gasteiger partial charge on any atom is -0.467 e. The average molecular weight is 490 g/mol. The number of benzene rings is 1. The number of hydrogen-bond acceptors (Lipinski definition) is 5. The van der Waals surface area contributed by atoms with Gasteiger partial charge in [0.2, 0.25) is 0 Å². The van der Waals surface area contributed by atoms with Gasteiger partial charge in [0.05, 0.1) is 19.5 Å². The Morgan fingerprint density at radius 1 is 1.21 bits per heavy atom. The van der Waals surface area contributed by atoms with Gasteiger partial charge < -0.3 is 14.5 Å². The highest BCUT2D eigenvalue weighted by Crippen LogP contribution is 2.46. The average Bonchev–Trinajstić information content (AvgIpc) is 3.17. The number of carbonyl (C=O) groups is 1. The van der Waals surface area contributed by atoms with E-state index in [0.717, 1.165) is 56.5 Å². The molecular weight excluding hydrogens is 446 g/mol. The molecule has 1 aliphatic heterocycles. The number of methoxy groups -OCH3 is 1. The van der Waals surface area contributed by atoms with Gasteiger partial charge in [-0.2, -0.15) is 0 Å². The summed E-state index contributed by atoms with van der Waals surface area (Å²) in [5, 5.41) is 0.780. The molecule has 1 aromatic rings. The van der Waals surface area contributed by atoms with Crippen LogP contribution in [0.4, 0.5) is 0 Å². The first-order chi connectivity index (χ1) is 16.2. The SMILES string of the molecule is CCCCN1C=NC(CC(C)C)(C(=O)OC)C1C1CCC(C(c2ccc(Cl)cc2)N(C)C)CC1. The molecule has 0 saturated heterocycles. The van der Waals surface area contributed by atoms with Crippen LogP contribution in [0.25, 0.3) is 0 Å². The molecule has 0 bridgehead atoms. The number of ether oxygens (including phenoxy) is 1. The molecule has 1 aliphatic carbocycles. The van der Waals surface area contributed by atoms with Crippen molar-refractivity contribution in [3.05, 3.63) is 34.9 Å². The Balaban J connectivity index is 1.82. The fraction of sp³-hybridized carbons (Fsp3) is 0.714. The van der Waals surface area contributed by atoms with Gasteiger partial charge in [0.15, 0.2) is 5.54 Å². The summed E-state index contributed by atoms with van der Waals surface area (Å²) < 4.78 is 5.37. The lowest BCUT2D eigenvalue weighted by Crippen LogP contribution is -2.56. The second kappa shape index (κ2) is 11.9. The first-order valence-corrected chi connectivity index (χ1v) is 13.4. The third-order valence-electron chi connectivity index (χ3n) is 7.79. The van der Waals surface area contributed by atoms with E-state index in [1.165, 1.54) is 12.7 Å². The van der Waals surface area contributed by atoms with Gasteiger partial charge in [-0.25, -0.2) is 4.79 Å². The summed E-state index contributed by atoms with van der Waals surface area (Å²) in [7, 11) is 5.86. The van der Waals surface area contributed by atoms with Crippen molar-refractivity contribution in [3.8, 4) is 0 Å². The maximum absolute atomic E-state index is 13.2. The van der Waals surface area contributed by atoms with Gasteiger partial charge >= 0.3 is 5.97 Å². The van der Waals surface area contributed by atoms with Gasteiger partial charge in [-0.3, -0.25) is 4.99 Å². The van der Waals surface area contributed by atoms with E-state index >= 15 is 0 Å². The summed E-state index contributed by atoms with van der Waals surface area (Å²) in [5.74, 6) is 1.21. The maximum atomic E-state index is 13.2. The van der Waals surface area contributed by atoms with E-state index in [0.29, 0.717) is 23.8 Å². The van der Waals surface area contributed by atoms with Crippen molar-refractivity contribution < 1.29 is 9.53 Å². The van der Waals surface area contributed by atoms with E-state index < -0.39 is 5.54 Å². The number of rotatable bonds is 10. The molecule has 0 spiro atoms. The fourth-order valence-electron chi connectivity index (χ4n) is 6.46. The minimum absolute atomic E-state index is 0.0863. The van der Waals surface area contributed by atoms with Gasteiger partial charge in [-0.05, 0) is 88.1 Å². The highest BCUT2D eigenvalue weighted by molar-refractivity contribution is 6.30. The van der Waals surface area contributed by atoms with Crippen molar-refractivity contribution in [1.82, 2.24) is 9.80 Å². The van der Waals surface area contributed by atoms with E-state index in [1.807, 2.05) is 18.5 Å². The zero-order valence-corrected chi connectivity index (χ0v) is 22.7. The highest BCUT2D eigenvalue weighted by atomic mass is 35.5. The Hall–Kier alpha value is -1.59. The monoisotopic (exact) mass is 489 g/mol. The van der Waals surface area contributed by atoms with Gasteiger partial charge in [0.25, 0.3) is 0 Å². The summed E-state index contributed by atoms with van der Waals surface area (Å²) in [5.41, 5.74) is 0.543. The molecule has 1 saturated carbocycles. The van der Waals surface area contributed by atoms with Gasteiger partial charge in [0.1, 0.15) is 0 Å². The Kier molecular flexibility index (Phi) is 9.45. The van der Waals surface area contributed by atoms with Gasteiger partial charge in [-0.15, -0.1) is 0 Å². The molecule has 34 heavy (non-hydrogen) atoms. The largest absolute Gasteiger partial charge is 0.467 e. The Morgan fingerprint density at radius 3 is 2.38 bits per heavy atom. The third kappa shape index (κ3) is 5.79. The second-order valence-corrected chi connectivity index (χ2v) is 11.4. The van der Waals surface area contributed by atoms with Crippen LogP contribution in [0.1, 0.15) is 77.3 Å². The van der Waals surface area contributed by atoms with E-state index in [-0.39, 0.29) is 12.0 Å². The molecule has 0 radical (unpaired) electrons. The topological polar surface area (TPSA) is 45.1 Å². The third-order valence-corrected chi connectivity index (χ3v) is 8.04. The van der Waals surface area contributed by atoms with E-state index in [4.69, 9.17) is 21.3 Å². The summed E-state index contributed by atoms with van der Waals surface area (Å²) in [6.45, 7) is 7.52. The second-order valence-electron chi connectivity index (χ2n) is 10.9. The Labute approximate surface area is 211 Å². The summed E-state index contributed by atoms with van der Waals surface area (Å²) in [6.07, 6.45) is 9.43. The Morgan fingerprint density at radius 2 is 1.85 bits per heavy atom. The van der Waals surface area contributed by atoms with Crippen molar-refractivity contribution in [1.29, 1.82) is 0 Å². The highest BCUT2D eigenvalue weighted by Gasteiger charge is 2.55. The predicted molar refractivity (Wildman–Crippen MR) is 141 cm³/mol. The van der Waals surface area contributed by atoms with Crippen LogP contribution in [-0.4, -0.2) is 61.4 Å². The fourth-order valence-corrected chi connectivity index (χ4v) is 6.58. The molecule has 0 N–H and O–H groups in total. The molecular formula is C28H44ClN3O2. The van der Waals surface area contributed by atoms with Crippen LogP contribution in [0.15, 0.2) is 29.3 Å².